The molecule has 0 heterocycles. The Morgan fingerprint density at radius 1 is 1.33 bits per heavy atom. The van der Waals surface area contributed by atoms with E-state index in [0.29, 0.717) is 17.9 Å². The van der Waals surface area contributed by atoms with Gasteiger partial charge in [0.2, 0.25) is 6.08 Å². The van der Waals surface area contributed by atoms with Crippen LogP contribution in [-0.4, -0.2) is 25.8 Å². The van der Waals surface area contributed by atoms with Crippen LogP contribution in [-0.2, 0) is 11.2 Å². The Morgan fingerprint density at radius 2 is 2.00 bits per heavy atom. The topological polar surface area (TPSA) is 71.7 Å². The Balaban J connectivity index is 3.05. The van der Waals surface area contributed by atoms with Crippen molar-refractivity contribution in [3.63, 3.8) is 0 Å². The Hall–Kier alpha value is -2.31. The number of nitrogens with zero attached hydrogens (tertiary/aromatic N) is 2. The monoisotopic (exact) mass is 246 g/mol. The molecule has 1 aromatic rings. The van der Waals surface area contributed by atoms with Gasteiger partial charge in [0.1, 0.15) is 0 Å². The fourth-order valence-corrected chi connectivity index (χ4v) is 1.59. The number of ether oxygens (including phenoxy) is 2. The minimum Gasteiger partial charge on any atom is -0.493 e. The molecule has 0 saturated carbocycles. The smallest absolute Gasteiger partial charge is 0.236 e. The summed E-state index contributed by atoms with van der Waals surface area (Å²) in [5.74, 6) is 1.18. The number of hydrogen-bond donors (Lipinski definition) is 0. The first-order chi connectivity index (χ1) is 8.58. The molecular weight excluding hydrogens is 232 g/mol. The van der Waals surface area contributed by atoms with Crippen molar-refractivity contribution in [1.29, 1.82) is 5.26 Å². The van der Waals surface area contributed by atoms with Crippen LogP contribution in [0.3, 0.4) is 0 Å². The van der Waals surface area contributed by atoms with Crippen molar-refractivity contribution in [2.75, 3.05) is 14.2 Å². The van der Waals surface area contributed by atoms with Crippen molar-refractivity contribution < 1.29 is 14.3 Å². The maximum absolute atomic E-state index is 10.3. The molecule has 1 aromatic carbocycles. The third-order valence-electron chi connectivity index (χ3n) is 2.53. The van der Waals surface area contributed by atoms with E-state index in [4.69, 9.17) is 14.7 Å². The largest absolute Gasteiger partial charge is 0.493 e. The molecule has 94 valence electrons. The molecule has 0 spiro atoms. The molecule has 0 fully saturated rings. The number of benzene rings is 1. The van der Waals surface area contributed by atoms with Gasteiger partial charge in [0.25, 0.3) is 0 Å². The summed E-state index contributed by atoms with van der Waals surface area (Å²) >= 11 is 0. The predicted molar refractivity (Wildman–Crippen MR) is 65.4 cm³/mol. The molecule has 1 rings (SSSR count). The Labute approximate surface area is 106 Å². The highest BCUT2D eigenvalue weighted by Crippen LogP contribution is 2.29. The molecule has 0 aliphatic carbocycles. The molecule has 0 aliphatic heterocycles. The van der Waals surface area contributed by atoms with E-state index in [1.54, 1.807) is 32.2 Å². The molecule has 0 aromatic heterocycles. The first-order valence-electron chi connectivity index (χ1n) is 5.29. The third kappa shape index (κ3) is 3.09. The van der Waals surface area contributed by atoms with Gasteiger partial charge in [-0.15, -0.1) is 0 Å². The summed E-state index contributed by atoms with van der Waals surface area (Å²) in [6.45, 7) is 1.58. The molecule has 5 heteroatoms. The summed E-state index contributed by atoms with van der Waals surface area (Å²) in [4.78, 5) is 13.8. The van der Waals surface area contributed by atoms with Crippen molar-refractivity contribution in [3.8, 4) is 17.6 Å². The molecule has 0 bridgehead atoms. The minimum absolute atomic E-state index is 0.305. The zero-order valence-electron chi connectivity index (χ0n) is 10.6. The summed E-state index contributed by atoms with van der Waals surface area (Å²) < 4.78 is 10.3. The summed E-state index contributed by atoms with van der Waals surface area (Å²) in [5.41, 5.74) is -0.280. The first kappa shape index (κ1) is 13.8. The maximum Gasteiger partial charge on any atom is 0.236 e. The van der Waals surface area contributed by atoms with Crippen molar-refractivity contribution in [2.45, 2.75) is 18.9 Å². The number of aliphatic imine (C=N–C) groups is 1. The number of rotatable bonds is 5. The molecule has 0 aliphatic rings. The van der Waals surface area contributed by atoms with Gasteiger partial charge in [0.15, 0.2) is 17.0 Å². The van der Waals surface area contributed by atoms with E-state index in [0.717, 1.165) is 5.56 Å². The van der Waals surface area contributed by atoms with Crippen LogP contribution >= 0.6 is 0 Å². The Kier molecular flexibility index (Phi) is 4.47. The predicted octanol–water partition coefficient (Wildman–Crippen LogP) is 1.86. The molecule has 1 atom stereocenters. The number of hydrogen-bond acceptors (Lipinski definition) is 5. The van der Waals surface area contributed by atoms with E-state index in [9.17, 15) is 4.79 Å². The molecule has 0 radical (unpaired) electrons. The van der Waals surface area contributed by atoms with Crippen LogP contribution < -0.4 is 9.47 Å². The second-order valence-corrected chi connectivity index (χ2v) is 3.95. The highest BCUT2D eigenvalue weighted by atomic mass is 16.5. The molecule has 5 nitrogen and oxygen atoms in total. The highest BCUT2D eigenvalue weighted by Gasteiger charge is 2.24. The lowest BCUT2D eigenvalue weighted by Gasteiger charge is -2.15. The van der Waals surface area contributed by atoms with Gasteiger partial charge >= 0.3 is 0 Å². The number of methoxy groups -OCH3 is 2. The molecule has 18 heavy (non-hydrogen) atoms. The van der Waals surface area contributed by atoms with Crippen LogP contribution in [0.25, 0.3) is 0 Å². The van der Waals surface area contributed by atoms with Gasteiger partial charge in [-0.05, 0) is 24.6 Å². The van der Waals surface area contributed by atoms with E-state index in [-0.39, 0.29) is 0 Å². The average Bonchev–Trinajstić information content (AvgIpc) is 2.38. The van der Waals surface area contributed by atoms with Crippen LogP contribution in [0.15, 0.2) is 23.2 Å². The van der Waals surface area contributed by atoms with Crippen molar-refractivity contribution >= 4 is 6.08 Å². The van der Waals surface area contributed by atoms with Crippen LogP contribution in [0, 0.1) is 11.3 Å². The summed E-state index contributed by atoms with van der Waals surface area (Å²) in [6.07, 6.45) is 1.73. The van der Waals surface area contributed by atoms with Gasteiger partial charge < -0.3 is 9.47 Å². The van der Waals surface area contributed by atoms with Crippen molar-refractivity contribution in [2.24, 2.45) is 4.99 Å². The molecule has 0 amide bonds. The third-order valence-corrected chi connectivity index (χ3v) is 2.53. The Bertz CT molecular complexity index is 515. The lowest BCUT2D eigenvalue weighted by molar-refractivity contribution is 0.354. The van der Waals surface area contributed by atoms with Crippen LogP contribution in [0.2, 0.25) is 0 Å². The number of nitriles is 1. The minimum atomic E-state index is -1.11. The molecular formula is C13H14N2O3. The van der Waals surface area contributed by atoms with Gasteiger partial charge in [-0.1, -0.05) is 6.07 Å². The fourth-order valence-electron chi connectivity index (χ4n) is 1.59. The molecule has 0 saturated heterocycles. The van der Waals surface area contributed by atoms with E-state index in [2.05, 4.69) is 4.99 Å². The second-order valence-electron chi connectivity index (χ2n) is 3.95. The standard InChI is InChI=1S/C13H14N2O3/c1-13(8-14,15-9-16)7-10-4-5-11(17-2)12(6-10)18-3/h4-6H,7H2,1-3H3. The number of carbonyl (C=O) groups excluding carboxylic acids is 1. The van der Waals surface area contributed by atoms with E-state index < -0.39 is 5.54 Å². The fraction of sp³-hybridized carbons (Fsp3) is 0.385. The number of isocyanates is 1. The zero-order valence-corrected chi connectivity index (χ0v) is 10.6. The highest BCUT2D eigenvalue weighted by molar-refractivity contribution is 5.44. The summed E-state index contributed by atoms with van der Waals surface area (Å²) in [5, 5.41) is 9.03. The van der Waals surface area contributed by atoms with Crippen LogP contribution in [0.5, 0.6) is 11.5 Å². The normalized spacial score (nSPS) is 12.8. The SMILES string of the molecule is COc1ccc(CC(C)(C#N)N=C=O)cc1OC. The van der Waals surface area contributed by atoms with Crippen molar-refractivity contribution in [3.05, 3.63) is 23.8 Å². The van der Waals surface area contributed by atoms with Gasteiger partial charge in [0, 0.05) is 6.42 Å². The maximum atomic E-state index is 10.3. The van der Waals surface area contributed by atoms with Crippen LogP contribution in [0.4, 0.5) is 0 Å². The van der Waals surface area contributed by atoms with E-state index in [1.807, 2.05) is 6.07 Å². The zero-order chi connectivity index (χ0) is 13.6. The van der Waals surface area contributed by atoms with E-state index in [1.165, 1.54) is 13.2 Å². The Morgan fingerprint density at radius 3 is 2.50 bits per heavy atom. The first-order valence-corrected chi connectivity index (χ1v) is 5.29. The van der Waals surface area contributed by atoms with E-state index >= 15 is 0 Å². The lowest BCUT2D eigenvalue weighted by Crippen LogP contribution is -2.22. The summed E-state index contributed by atoms with van der Waals surface area (Å²) in [7, 11) is 3.09. The average molecular weight is 246 g/mol. The summed E-state index contributed by atoms with van der Waals surface area (Å²) in [6, 6.07) is 7.30. The van der Waals surface area contributed by atoms with Crippen LogP contribution in [0.1, 0.15) is 12.5 Å². The lowest BCUT2D eigenvalue weighted by atomic mass is 9.95. The van der Waals surface area contributed by atoms with Crippen molar-refractivity contribution in [1.82, 2.24) is 0 Å². The molecule has 1 unspecified atom stereocenters. The van der Waals surface area contributed by atoms with Gasteiger partial charge in [-0.3, -0.25) is 0 Å². The van der Waals surface area contributed by atoms with Gasteiger partial charge in [-0.25, -0.2) is 4.79 Å². The molecule has 0 N–H and O–H groups in total. The van der Waals surface area contributed by atoms with Gasteiger partial charge in [0.05, 0.1) is 20.3 Å². The van der Waals surface area contributed by atoms with Gasteiger partial charge in [-0.2, -0.15) is 10.3 Å². The quantitative estimate of drug-likeness (QED) is 0.587. The second kappa shape index (κ2) is 5.85.